The van der Waals surface area contributed by atoms with Crippen LogP contribution in [-0.4, -0.2) is 25.1 Å². The summed E-state index contributed by atoms with van der Waals surface area (Å²) in [6, 6.07) is 4.29. The van der Waals surface area contributed by atoms with E-state index in [2.05, 4.69) is 6.92 Å². The first-order valence-electron chi connectivity index (χ1n) is 5.06. The number of alkyl halides is 3. The Morgan fingerprint density at radius 3 is 2.50 bits per heavy atom. The van der Waals surface area contributed by atoms with Crippen LogP contribution in [0.25, 0.3) is 0 Å². The van der Waals surface area contributed by atoms with Crippen LogP contribution >= 0.6 is 23.2 Å². The van der Waals surface area contributed by atoms with Gasteiger partial charge in [0.1, 0.15) is 0 Å². The smallest absolute Gasteiger partial charge is 0.345 e. The largest absolute Gasteiger partial charge is 0.433 e. The van der Waals surface area contributed by atoms with E-state index in [1.165, 1.54) is 18.2 Å². The third-order valence-corrected chi connectivity index (χ3v) is 3.26. The van der Waals surface area contributed by atoms with Gasteiger partial charge in [0, 0.05) is 12.2 Å². The molecule has 2 rings (SSSR count). The maximum absolute atomic E-state index is 12.8. The maximum Gasteiger partial charge on any atom is 0.433 e. The SMILES string of the molecule is [CH2][C@H]1CN(c2ccc(Cl)c(Cl)c2)[C@@H](C(F)(F)F)O1. The van der Waals surface area contributed by atoms with E-state index >= 15 is 0 Å². The Balaban J connectivity index is 2.33. The van der Waals surface area contributed by atoms with Crippen LogP contribution in [0.1, 0.15) is 0 Å². The molecule has 0 aromatic heterocycles. The molecule has 0 saturated carbocycles. The van der Waals surface area contributed by atoms with Gasteiger partial charge in [-0.1, -0.05) is 23.2 Å². The van der Waals surface area contributed by atoms with Crippen molar-refractivity contribution in [2.45, 2.75) is 18.5 Å². The monoisotopic (exact) mass is 298 g/mol. The van der Waals surface area contributed by atoms with Crippen LogP contribution in [0.5, 0.6) is 0 Å². The summed E-state index contributed by atoms with van der Waals surface area (Å²) >= 11 is 11.5. The van der Waals surface area contributed by atoms with Crippen molar-refractivity contribution in [3.05, 3.63) is 35.2 Å². The zero-order valence-electron chi connectivity index (χ0n) is 9.05. The molecule has 18 heavy (non-hydrogen) atoms. The van der Waals surface area contributed by atoms with Crippen molar-refractivity contribution in [2.75, 3.05) is 11.4 Å². The third kappa shape index (κ3) is 2.68. The molecule has 1 aromatic rings. The molecular formula is C11H9Cl2F3NO. The molecule has 0 unspecified atom stereocenters. The van der Waals surface area contributed by atoms with Gasteiger partial charge in [-0.2, -0.15) is 13.2 Å². The second-order valence-corrected chi connectivity index (χ2v) is 4.72. The highest BCUT2D eigenvalue weighted by Gasteiger charge is 2.49. The van der Waals surface area contributed by atoms with Crippen LogP contribution in [0.4, 0.5) is 18.9 Å². The standard InChI is InChI=1S/C11H9Cl2F3NO/c1-6-5-17(10(18-6)11(14,15)16)7-2-3-8(12)9(13)4-7/h2-4,6,10H,1,5H2/t6-,10+/m0/s1. The van der Waals surface area contributed by atoms with E-state index in [9.17, 15) is 13.2 Å². The molecule has 0 bridgehead atoms. The number of benzene rings is 1. The first-order valence-corrected chi connectivity index (χ1v) is 5.81. The highest BCUT2D eigenvalue weighted by Crippen LogP contribution is 2.36. The van der Waals surface area contributed by atoms with Crippen LogP contribution in [-0.2, 0) is 4.74 Å². The number of rotatable bonds is 1. The second-order valence-electron chi connectivity index (χ2n) is 3.90. The summed E-state index contributed by atoms with van der Waals surface area (Å²) in [5, 5.41) is 0.484. The van der Waals surface area contributed by atoms with Gasteiger partial charge in [-0.05, 0) is 25.1 Å². The van der Waals surface area contributed by atoms with Gasteiger partial charge >= 0.3 is 6.18 Å². The molecule has 2 nitrogen and oxygen atoms in total. The summed E-state index contributed by atoms with van der Waals surface area (Å²) in [5.74, 6) is 0. The van der Waals surface area contributed by atoms with Gasteiger partial charge in [-0.25, -0.2) is 0 Å². The summed E-state index contributed by atoms with van der Waals surface area (Å²) in [7, 11) is 0. The number of hydrogen-bond donors (Lipinski definition) is 0. The fraction of sp³-hybridized carbons (Fsp3) is 0.364. The Morgan fingerprint density at radius 2 is 1.94 bits per heavy atom. The lowest BCUT2D eigenvalue weighted by Crippen LogP contribution is -2.42. The first-order chi connectivity index (χ1) is 8.29. The molecule has 99 valence electrons. The molecule has 1 aliphatic heterocycles. The summed E-state index contributed by atoms with van der Waals surface area (Å²) in [6.07, 6.45) is -7.23. The molecule has 1 radical (unpaired) electrons. The number of anilines is 1. The fourth-order valence-electron chi connectivity index (χ4n) is 1.77. The lowest BCUT2D eigenvalue weighted by molar-refractivity contribution is -0.210. The Hall–Kier alpha value is -0.650. The van der Waals surface area contributed by atoms with E-state index in [0.29, 0.717) is 5.69 Å². The lowest BCUT2D eigenvalue weighted by atomic mass is 10.2. The Kier molecular flexibility index (Phi) is 3.67. The molecule has 1 heterocycles. The lowest BCUT2D eigenvalue weighted by Gasteiger charge is -2.26. The summed E-state index contributed by atoms with van der Waals surface area (Å²) in [4.78, 5) is 1.07. The summed E-state index contributed by atoms with van der Waals surface area (Å²) in [6.45, 7) is 3.54. The van der Waals surface area contributed by atoms with Crippen LogP contribution in [0.2, 0.25) is 10.0 Å². The van der Waals surface area contributed by atoms with E-state index in [0.717, 1.165) is 4.90 Å². The van der Waals surface area contributed by atoms with Gasteiger partial charge in [0.15, 0.2) is 0 Å². The van der Waals surface area contributed by atoms with Crippen molar-refractivity contribution in [1.29, 1.82) is 0 Å². The molecule has 1 fully saturated rings. The van der Waals surface area contributed by atoms with Gasteiger partial charge in [0.2, 0.25) is 6.23 Å². The van der Waals surface area contributed by atoms with Crippen LogP contribution < -0.4 is 4.90 Å². The average molecular weight is 299 g/mol. The summed E-state index contributed by atoms with van der Waals surface area (Å²) < 4.78 is 43.2. The van der Waals surface area contributed by atoms with E-state index in [1.807, 2.05) is 0 Å². The highest BCUT2D eigenvalue weighted by atomic mass is 35.5. The molecule has 0 spiro atoms. The van der Waals surface area contributed by atoms with Gasteiger partial charge in [0.25, 0.3) is 0 Å². The number of hydrogen-bond acceptors (Lipinski definition) is 2. The predicted octanol–water partition coefficient (Wildman–Crippen LogP) is 3.92. The minimum Gasteiger partial charge on any atom is -0.345 e. The first kappa shape index (κ1) is 13.8. The van der Waals surface area contributed by atoms with Crippen molar-refractivity contribution in [3.63, 3.8) is 0 Å². The molecule has 0 aliphatic carbocycles. The fourth-order valence-corrected chi connectivity index (χ4v) is 2.06. The van der Waals surface area contributed by atoms with Gasteiger partial charge in [0.05, 0.1) is 16.1 Å². The minimum atomic E-state index is -4.49. The normalized spacial score (nSPS) is 24.7. The molecule has 1 aromatic carbocycles. The second kappa shape index (κ2) is 4.79. The van der Waals surface area contributed by atoms with Crippen molar-refractivity contribution in [3.8, 4) is 0 Å². The zero-order valence-corrected chi connectivity index (χ0v) is 10.6. The number of halogens is 5. The van der Waals surface area contributed by atoms with E-state index in [1.54, 1.807) is 0 Å². The molecule has 1 saturated heterocycles. The predicted molar refractivity (Wildman–Crippen MR) is 63.9 cm³/mol. The number of ether oxygens (including phenoxy) is 1. The Morgan fingerprint density at radius 1 is 1.28 bits per heavy atom. The van der Waals surface area contributed by atoms with E-state index in [4.69, 9.17) is 27.9 Å². The van der Waals surface area contributed by atoms with Gasteiger partial charge < -0.3 is 9.64 Å². The van der Waals surface area contributed by atoms with Crippen molar-refractivity contribution >= 4 is 28.9 Å². The third-order valence-electron chi connectivity index (χ3n) is 2.52. The van der Waals surface area contributed by atoms with Crippen LogP contribution in [0.15, 0.2) is 18.2 Å². The summed E-state index contributed by atoms with van der Waals surface area (Å²) in [5.41, 5.74) is 0.304. The number of nitrogens with zero attached hydrogens (tertiary/aromatic N) is 1. The van der Waals surface area contributed by atoms with E-state index < -0.39 is 18.5 Å². The van der Waals surface area contributed by atoms with Crippen LogP contribution in [0, 0.1) is 6.92 Å². The topological polar surface area (TPSA) is 12.5 Å². The van der Waals surface area contributed by atoms with Gasteiger partial charge in [-0.15, -0.1) is 0 Å². The Bertz CT molecular complexity index is 452. The van der Waals surface area contributed by atoms with Gasteiger partial charge in [-0.3, -0.25) is 0 Å². The molecule has 0 N–H and O–H groups in total. The van der Waals surface area contributed by atoms with Crippen molar-refractivity contribution < 1.29 is 17.9 Å². The molecule has 1 aliphatic rings. The molecular weight excluding hydrogens is 290 g/mol. The molecule has 2 atom stereocenters. The van der Waals surface area contributed by atoms with Crippen molar-refractivity contribution in [2.24, 2.45) is 0 Å². The zero-order chi connectivity index (χ0) is 13.5. The minimum absolute atomic E-state index is 0.0438. The molecule has 7 heteroatoms. The Labute approximate surface area is 112 Å². The highest BCUT2D eigenvalue weighted by molar-refractivity contribution is 6.42. The van der Waals surface area contributed by atoms with Crippen molar-refractivity contribution in [1.82, 2.24) is 0 Å². The molecule has 0 amide bonds. The maximum atomic E-state index is 12.8. The quantitative estimate of drug-likeness (QED) is 0.779. The van der Waals surface area contributed by atoms with E-state index in [-0.39, 0.29) is 16.6 Å². The van der Waals surface area contributed by atoms with Crippen LogP contribution in [0.3, 0.4) is 0 Å². The average Bonchev–Trinajstić information content (AvgIpc) is 2.64.